The second-order valence-corrected chi connectivity index (χ2v) is 5.83. The van der Waals surface area contributed by atoms with Gasteiger partial charge >= 0.3 is 0 Å². The Morgan fingerprint density at radius 1 is 1.22 bits per heavy atom. The van der Waals surface area contributed by atoms with Gasteiger partial charge < -0.3 is 9.30 Å². The molecule has 0 unspecified atom stereocenters. The van der Waals surface area contributed by atoms with Crippen LogP contribution in [-0.2, 0) is 6.54 Å². The smallest absolute Gasteiger partial charge is 0.269 e. The number of hydrogen-bond donors (Lipinski definition) is 0. The van der Waals surface area contributed by atoms with Crippen molar-refractivity contribution in [2.75, 3.05) is 14.1 Å². The van der Waals surface area contributed by atoms with Crippen LogP contribution in [0.15, 0.2) is 42.6 Å². The van der Waals surface area contributed by atoms with Crippen LogP contribution < -0.4 is 0 Å². The van der Waals surface area contributed by atoms with E-state index in [-0.39, 0.29) is 5.69 Å². The molecule has 2 heterocycles. The Bertz CT molecular complexity index is 866. The van der Waals surface area contributed by atoms with Gasteiger partial charge in [0.15, 0.2) is 0 Å². The number of pyridine rings is 1. The highest BCUT2D eigenvalue weighted by molar-refractivity contribution is 5.68. The molecule has 0 aliphatic rings. The molecule has 2 aromatic heterocycles. The van der Waals surface area contributed by atoms with Crippen LogP contribution in [0.5, 0.6) is 0 Å². The Balaban J connectivity index is 2.19. The summed E-state index contributed by atoms with van der Waals surface area (Å²) < 4.78 is 2.09. The van der Waals surface area contributed by atoms with Gasteiger partial charge in [-0.25, -0.2) is 4.98 Å². The zero-order chi connectivity index (χ0) is 16.6. The first-order chi connectivity index (χ1) is 11.0. The van der Waals surface area contributed by atoms with Crippen molar-refractivity contribution in [3.8, 4) is 11.3 Å². The molecule has 23 heavy (non-hydrogen) atoms. The van der Waals surface area contributed by atoms with Gasteiger partial charge in [-0.15, -0.1) is 0 Å². The quantitative estimate of drug-likeness (QED) is 0.548. The minimum absolute atomic E-state index is 0.0860. The van der Waals surface area contributed by atoms with Gasteiger partial charge in [-0.05, 0) is 44.8 Å². The van der Waals surface area contributed by atoms with Crippen LogP contribution in [0.4, 0.5) is 5.69 Å². The fraction of sp³-hybridized carbons (Fsp3) is 0.235. The molecule has 0 fully saturated rings. The highest BCUT2D eigenvalue weighted by Crippen LogP contribution is 2.28. The average Bonchev–Trinajstić information content (AvgIpc) is 2.87. The number of nitro groups is 1. The highest BCUT2D eigenvalue weighted by atomic mass is 16.6. The predicted molar refractivity (Wildman–Crippen MR) is 89.4 cm³/mol. The molecular formula is C17H18N4O2. The molecule has 0 amide bonds. The molecule has 0 saturated carbocycles. The summed E-state index contributed by atoms with van der Waals surface area (Å²) in [6, 6.07) is 10.6. The Morgan fingerprint density at radius 3 is 2.52 bits per heavy atom. The van der Waals surface area contributed by atoms with Crippen LogP contribution >= 0.6 is 0 Å². The number of aryl methyl sites for hydroxylation is 1. The SMILES string of the molecule is Cc1cccn2c(CN(C)C)c(-c3ccc([N+](=O)[O-])cc3)nc12. The molecule has 0 saturated heterocycles. The summed E-state index contributed by atoms with van der Waals surface area (Å²) >= 11 is 0. The number of nitrogens with zero attached hydrogens (tertiary/aromatic N) is 4. The minimum atomic E-state index is -0.391. The van der Waals surface area contributed by atoms with E-state index >= 15 is 0 Å². The number of fused-ring (bicyclic) bond motifs is 1. The molecule has 6 heteroatoms. The van der Waals surface area contributed by atoms with Crippen molar-refractivity contribution in [1.82, 2.24) is 14.3 Å². The molecule has 0 aliphatic heterocycles. The topological polar surface area (TPSA) is 63.7 Å². The molecule has 118 valence electrons. The Labute approximate surface area is 134 Å². The van der Waals surface area contributed by atoms with Crippen molar-refractivity contribution in [2.24, 2.45) is 0 Å². The maximum atomic E-state index is 10.8. The fourth-order valence-electron chi connectivity index (χ4n) is 2.68. The van der Waals surface area contributed by atoms with Gasteiger partial charge in [0.05, 0.1) is 16.3 Å². The molecule has 3 rings (SSSR count). The van der Waals surface area contributed by atoms with E-state index in [0.717, 1.165) is 34.7 Å². The van der Waals surface area contributed by atoms with Gasteiger partial charge in [-0.2, -0.15) is 0 Å². The lowest BCUT2D eigenvalue weighted by Crippen LogP contribution is -2.13. The lowest BCUT2D eigenvalue weighted by atomic mass is 10.1. The summed E-state index contributed by atoms with van der Waals surface area (Å²) in [4.78, 5) is 17.3. The second-order valence-electron chi connectivity index (χ2n) is 5.83. The van der Waals surface area contributed by atoms with Crippen molar-refractivity contribution in [2.45, 2.75) is 13.5 Å². The van der Waals surface area contributed by atoms with E-state index in [1.54, 1.807) is 12.1 Å². The van der Waals surface area contributed by atoms with Gasteiger partial charge in [0.2, 0.25) is 0 Å². The van der Waals surface area contributed by atoms with Crippen LogP contribution in [0.3, 0.4) is 0 Å². The summed E-state index contributed by atoms with van der Waals surface area (Å²) in [5.41, 5.74) is 4.92. The van der Waals surface area contributed by atoms with Crippen LogP contribution in [-0.4, -0.2) is 33.3 Å². The van der Waals surface area contributed by atoms with E-state index in [4.69, 9.17) is 4.98 Å². The summed E-state index contributed by atoms with van der Waals surface area (Å²) in [5, 5.41) is 10.8. The highest BCUT2D eigenvalue weighted by Gasteiger charge is 2.16. The van der Waals surface area contributed by atoms with Crippen molar-refractivity contribution in [1.29, 1.82) is 0 Å². The number of rotatable bonds is 4. The maximum absolute atomic E-state index is 10.8. The number of hydrogen-bond acceptors (Lipinski definition) is 4. The zero-order valence-corrected chi connectivity index (χ0v) is 13.4. The van der Waals surface area contributed by atoms with Gasteiger partial charge in [0, 0.05) is 30.4 Å². The first-order valence-electron chi connectivity index (χ1n) is 7.33. The van der Waals surface area contributed by atoms with Gasteiger partial charge in [-0.1, -0.05) is 6.07 Å². The lowest BCUT2D eigenvalue weighted by Gasteiger charge is -2.11. The summed E-state index contributed by atoms with van der Waals surface area (Å²) in [7, 11) is 4.02. The van der Waals surface area contributed by atoms with Crippen LogP contribution in [0.1, 0.15) is 11.3 Å². The van der Waals surface area contributed by atoms with Crippen LogP contribution in [0, 0.1) is 17.0 Å². The third-order valence-corrected chi connectivity index (χ3v) is 3.76. The molecule has 6 nitrogen and oxygen atoms in total. The second kappa shape index (κ2) is 5.81. The molecule has 0 atom stereocenters. The molecule has 0 bridgehead atoms. The standard InChI is InChI=1S/C17H18N4O2/c1-12-5-4-10-20-15(11-19(2)3)16(18-17(12)20)13-6-8-14(9-7-13)21(22)23/h4-10H,11H2,1-3H3. The Morgan fingerprint density at radius 2 is 1.91 bits per heavy atom. The molecule has 3 aromatic rings. The number of benzene rings is 1. The molecular weight excluding hydrogens is 292 g/mol. The molecule has 0 spiro atoms. The third-order valence-electron chi connectivity index (χ3n) is 3.76. The molecule has 1 aromatic carbocycles. The van der Waals surface area contributed by atoms with Crippen molar-refractivity contribution < 1.29 is 4.92 Å². The number of non-ortho nitro benzene ring substituents is 1. The predicted octanol–water partition coefficient (Wildman–Crippen LogP) is 3.28. The average molecular weight is 310 g/mol. The van der Waals surface area contributed by atoms with E-state index in [9.17, 15) is 10.1 Å². The molecule has 0 aliphatic carbocycles. The Kier molecular flexibility index (Phi) is 3.83. The summed E-state index contributed by atoms with van der Waals surface area (Å²) in [6.07, 6.45) is 2.00. The molecule has 0 N–H and O–H groups in total. The summed E-state index contributed by atoms with van der Waals surface area (Å²) in [6.45, 7) is 2.76. The first-order valence-corrected chi connectivity index (χ1v) is 7.33. The van der Waals surface area contributed by atoms with Gasteiger partial charge in [0.25, 0.3) is 5.69 Å². The number of aromatic nitrogens is 2. The lowest BCUT2D eigenvalue weighted by molar-refractivity contribution is -0.384. The van der Waals surface area contributed by atoms with Gasteiger partial charge in [0.1, 0.15) is 5.65 Å². The number of nitro benzene ring substituents is 1. The van der Waals surface area contributed by atoms with E-state index < -0.39 is 4.92 Å². The number of imidazole rings is 1. The van der Waals surface area contributed by atoms with Crippen LogP contribution in [0.25, 0.3) is 16.9 Å². The monoisotopic (exact) mass is 310 g/mol. The normalized spacial score (nSPS) is 11.3. The molecule has 0 radical (unpaired) electrons. The minimum Gasteiger partial charge on any atom is -0.304 e. The summed E-state index contributed by atoms with van der Waals surface area (Å²) in [5.74, 6) is 0. The van der Waals surface area contributed by atoms with E-state index in [2.05, 4.69) is 9.30 Å². The Hall–Kier alpha value is -2.73. The largest absolute Gasteiger partial charge is 0.304 e. The maximum Gasteiger partial charge on any atom is 0.269 e. The van der Waals surface area contributed by atoms with E-state index in [1.807, 2.05) is 39.3 Å². The van der Waals surface area contributed by atoms with E-state index in [1.165, 1.54) is 12.1 Å². The van der Waals surface area contributed by atoms with Crippen molar-refractivity contribution in [3.05, 3.63) is 64.0 Å². The third kappa shape index (κ3) is 2.80. The van der Waals surface area contributed by atoms with Gasteiger partial charge in [-0.3, -0.25) is 10.1 Å². The van der Waals surface area contributed by atoms with Crippen LogP contribution in [0.2, 0.25) is 0 Å². The van der Waals surface area contributed by atoms with E-state index in [0.29, 0.717) is 0 Å². The van der Waals surface area contributed by atoms with Crippen molar-refractivity contribution in [3.63, 3.8) is 0 Å². The first kappa shape index (κ1) is 15.2. The zero-order valence-electron chi connectivity index (χ0n) is 13.4. The fourth-order valence-corrected chi connectivity index (χ4v) is 2.68. The van der Waals surface area contributed by atoms with Crippen molar-refractivity contribution >= 4 is 11.3 Å².